The molecule has 0 aromatic carbocycles. The minimum absolute atomic E-state index is 0.167. The number of alkyl halides is 1. The van der Waals surface area contributed by atoms with Crippen LogP contribution >= 0.6 is 11.6 Å². The number of rotatable bonds is 5. The van der Waals surface area contributed by atoms with Crippen LogP contribution in [0, 0.1) is 0 Å². The number of aliphatic hydroxyl groups excluding tert-OH is 1. The third-order valence-corrected chi connectivity index (χ3v) is 1.29. The first-order valence-corrected chi connectivity index (χ1v) is 3.90. The maximum atomic E-state index is 8.58. The molecule has 0 spiro atoms. The van der Waals surface area contributed by atoms with Gasteiger partial charge < -0.3 is 10.4 Å². The summed E-state index contributed by atoms with van der Waals surface area (Å²) in [5.74, 6) is 0.551. The van der Waals surface area contributed by atoms with E-state index in [1.54, 1.807) is 0 Å². The molecule has 0 amide bonds. The molecule has 3 heteroatoms. The smallest absolute Gasteiger partial charge is 0.0582 e. The summed E-state index contributed by atoms with van der Waals surface area (Å²) >= 11 is 5.39. The van der Waals surface area contributed by atoms with Crippen molar-refractivity contribution >= 4 is 11.6 Å². The van der Waals surface area contributed by atoms with E-state index in [4.69, 9.17) is 16.7 Å². The molecule has 0 saturated carbocycles. The predicted molar refractivity (Wildman–Crippen MR) is 44.4 cm³/mol. The minimum Gasteiger partial charge on any atom is -0.395 e. The Labute approximate surface area is 66.9 Å². The Hall–Kier alpha value is -0.0500. The first kappa shape index (κ1) is 9.95. The molecule has 0 radical (unpaired) electrons. The lowest BCUT2D eigenvalue weighted by molar-refractivity contribution is 0.255. The fraction of sp³-hybridized carbons (Fsp3) is 0.714. The normalized spacial score (nSPS) is 14.3. The van der Waals surface area contributed by atoms with Crippen molar-refractivity contribution in [2.75, 3.05) is 19.0 Å². The lowest BCUT2D eigenvalue weighted by Gasteiger charge is -2.06. The van der Waals surface area contributed by atoms with Gasteiger partial charge in [-0.3, -0.25) is 0 Å². The second-order valence-corrected chi connectivity index (χ2v) is 2.43. The zero-order chi connectivity index (χ0) is 7.82. The molecule has 10 heavy (non-hydrogen) atoms. The second kappa shape index (κ2) is 7.06. The number of hydrogen-bond acceptors (Lipinski definition) is 2. The molecule has 0 aliphatic carbocycles. The molecule has 2 nitrogen and oxygen atoms in total. The van der Waals surface area contributed by atoms with Crippen LogP contribution in [0.2, 0.25) is 0 Å². The van der Waals surface area contributed by atoms with Crippen LogP contribution in [0.5, 0.6) is 0 Å². The van der Waals surface area contributed by atoms with E-state index in [9.17, 15) is 0 Å². The van der Waals surface area contributed by atoms with E-state index < -0.39 is 0 Å². The Kier molecular flexibility index (Phi) is 7.03. The van der Waals surface area contributed by atoms with Gasteiger partial charge in [-0.1, -0.05) is 12.2 Å². The van der Waals surface area contributed by atoms with Crippen LogP contribution in [-0.4, -0.2) is 30.2 Å². The molecule has 0 saturated heterocycles. The first-order chi connectivity index (χ1) is 4.81. The van der Waals surface area contributed by atoms with Gasteiger partial charge in [0.05, 0.1) is 6.61 Å². The van der Waals surface area contributed by atoms with Crippen molar-refractivity contribution in [3.8, 4) is 0 Å². The van der Waals surface area contributed by atoms with Crippen LogP contribution in [0.15, 0.2) is 12.2 Å². The fourth-order valence-electron chi connectivity index (χ4n) is 0.480. The second-order valence-electron chi connectivity index (χ2n) is 2.12. The maximum absolute atomic E-state index is 8.58. The quantitative estimate of drug-likeness (QED) is 0.463. The topological polar surface area (TPSA) is 32.3 Å². The van der Waals surface area contributed by atoms with Gasteiger partial charge in [-0.05, 0) is 6.92 Å². The largest absolute Gasteiger partial charge is 0.395 e. The van der Waals surface area contributed by atoms with Crippen LogP contribution < -0.4 is 5.32 Å². The summed E-state index contributed by atoms with van der Waals surface area (Å²) < 4.78 is 0. The van der Waals surface area contributed by atoms with Crippen LogP contribution in [-0.2, 0) is 0 Å². The van der Waals surface area contributed by atoms with Gasteiger partial charge in [0, 0.05) is 18.5 Å². The number of aliphatic hydroxyl groups is 1. The molecule has 0 aromatic rings. The molecule has 0 aliphatic heterocycles. The molecule has 60 valence electrons. The standard InChI is InChI=1S/C7H14ClNO/c1-7(6-10)9-5-3-2-4-8/h2-3,7,9-10H,4-6H2,1H3/b3-2+. The highest BCUT2D eigenvalue weighted by Gasteiger charge is 1.93. The highest BCUT2D eigenvalue weighted by molar-refractivity contribution is 6.18. The fourth-order valence-corrected chi connectivity index (χ4v) is 0.606. The molecule has 0 fully saturated rings. The average Bonchev–Trinajstić information content (AvgIpc) is 1.98. The van der Waals surface area contributed by atoms with E-state index in [2.05, 4.69) is 5.32 Å². The monoisotopic (exact) mass is 163 g/mol. The summed E-state index contributed by atoms with van der Waals surface area (Å²) in [6.07, 6.45) is 3.82. The Morgan fingerprint density at radius 1 is 1.60 bits per heavy atom. The number of allylic oxidation sites excluding steroid dienone is 1. The van der Waals surface area contributed by atoms with Crippen molar-refractivity contribution in [2.24, 2.45) is 0 Å². The van der Waals surface area contributed by atoms with E-state index in [-0.39, 0.29) is 12.6 Å². The summed E-state index contributed by atoms with van der Waals surface area (Å²) in [6, 6.07) is 0.167. The van der Waals surface area contributed by atoms with Crippen LogP contribution in [0.3, 0.4) is 0 Å². The Balaban J connectivity index is 3.10. The highest BCUT2D eigenvalue weighted by Crippen LogP contribution is 1.79. The number of hydrogen-bond donors (Lipinski definition) is 2. The van der Waals surface area contributed by atoms with Crippen molar-refractivity contribution in [3.05, 3.63) is 12.2 Å². The molecule has 1 unspecified atom stereocenters. The zero-order valence-corrected chi connectivity index (χ0v) is 6.93. The van der Waals surface area contributed by atoms with Gasteiger partial charge in [0.1, 0.15) is 0 Å². The maximum Gasteiger partial charge on any atom is 0.0582 e. The molecule has 1 atom stereocenters. The zero-order valence-electron chi connectivity index (χ0n) is 6.18. The SMILES string of the molecule is CC(CO)NC/C=C/CCl. The average molecular weight is 164 g/mol. The third kappa shape index (κ3) is 6.08. The minimum atomic E-state index is 0.167. The van der Waals surface area contributed by atoms with Gasteiger partial charge in [0.2, 0.25) is 0 Å². The molecule has 0 rings (SSSR count). The summed E-state index contributed by atoms with van der Waals surface area (Å²) in [5.41, 5.74) is 0. The van der Waals surface area contributed by atoms with Crippen molar-refractivity contribution in [3.63, 3.8) is 0 Å². The molecular weight excluding hydrogens is 150 g/mol. The molecular formula is C7H14ClNO. The van der Waals surface area contributed by atoms with Gasteiger partial charge in [-0.15, -0.1) is 11.6 Å². The van der Waals surface area contributed by atoms with Crippen molar-refractivity contribution in [2.45, 2.75) is 13.0 Å². The molecule has 0 aliphatic rings. The number of halogens is 1. The lowest BCUT2D eigenvalue weighted by atomic mass is 10.3. The first-order valence-electron chi connectivity index (χ1n) is 3.36. The highest BCUT2D eigenvalue weighted by atomic mass is 35.5. The van der Waals surface area contributed by atoms with E-state index in [1.807, 2.05) is 19.1 Å². The Bertz CT molecular complexity index is 95.6. The van der Waals surface area contributed by atoms with Crippen LogP contribution in [0.1, 0.15) is 6.92 Å². The van der Waals surface area contributed by atoms with Gasteiger partial charge in [-0.25, -0.2) is 0 Å². The van der Waals surface area contributed by atoms with Crippen molar-refractivity contribution < 1.29 is 5.11 Å². The summed E-state index contributed by atoms with van der Waals surface area (Å²) in [5, 5.41) is 11.7. The van der Waals surface area contributed by atoms with Crippen molar-refractivity contribution in [1.82, 2.24) is 5.32 Å². The summed E-state index contributed by atoms with van der Waals surface area (Å²) in [7, 11) is 0. The van der Waals surface area contributed by atoms with E-state index >= 15 is 0 Å². The summed E-state index contributed by atoms with van der Waals surface area (Å²) in [6.45, 7) is 2.87. The van der Waals surface area contributed by atoms with Gasteiger partial charge in [-0.2, -0.15) is 0 Å². The van der Waals surface area contributed by atoms with E-state index in [1.165, 1.54) is 0 Å². The van der Waals surface area contributed by atoms with E-state index in [0.29, 0.717) is 5.88 Å². The molecule has 0 heterocycles. The third-order valence-electron chi connectivity index (χ3n) is 1.11. The van der Waals surface area contributed by atoms with Crippen LogP contribution in [0.4, 0.5) is 0 Å². The molecule has 0 aromatic heterocycles. The van der Waals surface area contributed by atoms with Crippen molar-refractivity contribution in [1.29, 1.82) is 0 Å². The van der Waals surface area contributed by atoms with Gasteiger partial charge in [0.15, 0.2) is 0 Å². The summed E-state index contributed by atoms with van der Waals surface area (Å²) in [4.78, 5) is 0. The predicted octanol–water partition coefficient (Wildman–Crippen LogP) is 0.752. The van der Waals surface area contributed by atoms with Crippen LogP contribution in [0.25, 0.3) is 0 Å². The van der Waals surface area contributed by atoms with E-state index in [0.717, 1.165) is 6.54 Å². The van der Waals surface area contributed by atoms with Gasteiger partial charge in [0.25, 0.3) is 0 Å². The number of nitrogens with one attached hydrogen (secondary N) is 1. The Morgan fingerprint density at radius 2 is 2.30 bits per heavy atom. The lowest BCUT2D eigenvalue weighted by Crippen LogP contribution is -2.29. The molecule has 2 N–H and O–H groups in total. The van der Waals surface area contributed by atoms with Gasteiger partial charge >= 0.3 is 0 Å². The Morgan fingerprint density at radius 3 is 2.80 bits per heavy atom. The molecule has 0 bridgehead atoms.